The van der Waals surface area contributed by atoms with Crippen molar-refractivity contribution in [3.63, 3.8) is 0 Å². The molecule has 2 rings (SSSR count). The average Bonchev–Trinajstić information content (AvgIpc) is 2.86. The van der Waals surface area contributed by atoms with E-state index in [1.807, 2.05) is 10.9 Å². The summed E-state index contributed by atoms with van der Waals surface area (Å²) in [7, 11) is 2.20. The predicted molar refractivity (Wildman–Crippen MR) is 78.3 cm³/mol. The molecule has 0 radical (unpaired) electrons. The summed E-state index contributed by atoms with van der Waals surface area (Å²) in [6.45, 7) is 12.2. The highest BCUT2D eigenvalue weighted by Gasteiger charge is 2.12. The molecular formula is C14H27N5. The molecule has 19 heavy (non-hydrogen) atoms. The van der Waals surface area contributed by atoms with Crippen molar-refractivity contribution in [1.29, 1.82) is 0 Å². The summed E-state index contributed by atoms with van der Waals surface area (Å²) in [5.74, 6) is 0. The molecule has 0 amide bonds. The molecule has 1 aromatic heterocycles. The number of nitrogens with one attached hydrogen (secondary N) is 1. The first-order chi connectivity index (χ1) is 9.15. The fourth-order valence-electron chi connectivity index (χ4n) is 2.29. The van der Waals surface area contributed by atoms with Gasteiger partial charge in [0.25, 0.3) is 0 Å². The maximum atomic E-state index is 4.35. The van der Waals surface area contributed by atoms with Crippen molar-refractivity contribution in [1.82, 2.24) is 24.9 Å². The Morgan fingerprint density at radius 3 is 2.63 bits per heavy atom. The summed E-state index contributed by atoms with van der Waals surface area (Å²) in [6, 6.07) is 0.444. The minimum Gasteiger partial charge on any atom is -0.311 e. The number of piperazine rings is 1. The van der Waals surface area contributed by atoms with Gasteiger partial charge in [-0.05, 0) is 20.9 Å². The number of nitrogens with zero attached hydrogens (tertiary/aromatic N) is 4. The lowest BCUT2D eigenvalue weighted by Crippen LogP contribution is -2.46. The molecule has 0 saturated carbocycles. The highest BCUT2D eigenvalue weighted by atomic mass is 15.3. The average molecular weight is 265 g/mol. The van der Waals surface area contributed by atoms with Gasteiger partial charge in [-0.15, -0.1) is 0 Å². The molecule has 108 valence electrons. The summed E-state index contributed by atoms with van der Waals surface area (Å²) in [6.07, 6.45) is 4.09. The molecule has 0 aromatic carbocycles. The van der Waals surface area contributed by atoms with E-state index < -0.39 is 0 Å². The Kier molecular flexibility index (Phi) is 5.36. The molecule has 0 spiro atoms. The van der Waals surface area contributed by atoms with Crippen molar-refractivity contribution in [2.24, 2.45) is 0 Å². The molecule has 0 unspecified atom stereocenters. The number of hydrogen-bond donors (Lipinski definition) is 1. The molecule has 1 N–H and O–H groups in total. The molecule has 1 saturated heterocycles. The SMILES string of the molecule is CC(C)n1cc(CNCCN2CCN(C)CC2)cn1. The van der Waals surface area contributed by atoms with E-state index in [0.717, 1.165) is 19.6 Å². The second-order valence-electron chi connectivity index (χ2n) is 5.74. The fraction of sp³-hybridized carbons (Fsp3) is 0.786. The molecular weight excluding hydrogens is 238 g/mol. The van der Waals surface area contributed by atoms with Gasteiger partial charge in [0.2, 0.25) is 0 Å². The van der Waals surface area contributed by atoms with Gasteiger partial charge in [-0.2, -0.15) is 5.10 Å². The van der Waals surface area contributed by atoms with Gasteiger partial charge in [-0.25, -0.2) is 0 Å². The van der Waals surface area contributed by atoms with Gasteiger partial charge < -0.3 is 10.2 Å². The van der Waals surface area contributed by atoms with Gasteiger partial charge in [-0.1, -0.05) is 0 Å². The van der Waals surface area contributed by atoms with Gasteiger partial charge >= 0.3 is 0 Å². The van der Waals surface area contributed by atoms with Crippen molar-refractivity contribution < 1.29 is 0 Å². The van der Waals surface area contributed by atoms with Crippen LogP contribution in [0.1, 0.15) is 25.5 Å². The van der Waals surface area contributed by atoms with Crippen LogP contribution >= 0.6 is 0 Å². The Bertz CT molecular complexity index is 366. The van der Waals surface area contributed by atoms with Gasteiger partial charge in [-0.3, -0.25) is 9.58 Å². The predicted octanol–water partition coefficient (Wildman–Crippen LogP) is 0.801. The maximum Gasteiger partial charge on any atom is 0.0534 e. The topological polar surface area (TPSA) is 36.3 Å². The lowest BCUT2D eigenvalue weighted by molar-refractivity contribution is 0.154. The van der Waals surface area contributed by atoms with E-state index in [4.69, 9.17) is 0 Å². The number of rotatable bonds is 6. The van der Waals surface area contributed by atoms with E-state index in [2.05, 4.69) is 47.3 Å². The van der Waals surface area contributed by atoms with Crippen LogP contribution in [0.5, 0.6) is 0 Å². The Balaban J connectivity index is 1.61. The molecule has 0 bridgehead atoms. The van der Waals surface area contributed by atoms with Crippen molar-refractivity contribution in [2.75, 3.05) is 46.3 Å². The highest BCUT2D eigenvalue weighted by molar-refractivity contribution is 5.03. The second kappa shape index (κ2) is 7.03. The van der Waals surface area contributed by atoms with Crippen molar-refractivity contribution in [3.05, 3.63) is 18.0 Å². The zero-order valence-electron chi connectivity index (χ0n) is 12.5. The zero-order chi connectivity index (χ0) is 13.7. The lowest BCUT2D eigenvalue weighted by Gasteiger charge is -2.32. The van der Waals surface area contributed by atoms with Crippen LogP contribution in [0.15, 0.2) is 12.4 Å². The van der Waals surface area contributed by atoms with Crippen LogP contribution in [-0.2, 0) is 6.54 Å². The van der Waals surface area contributed by atoms with Crippen molar-refractivity contribution >= 4 is 0 Å². The van der Waals surface area contributed by atoms with Crippen LogP contribution in [0.2, 0.25) is 0 Å². The largest absolute Gasteiger partial charge is 0.311 e. The van der Waals surface area contributed by atoms with E-state index in [-0.39, 0.29) is 0 Å². The van der Waals surface area contributed by atoms with Crippen LogP contribution in [0.25, 0.3) is 0 Å². The quantitative estimate of drug-likeness (QED) is 0.772. The summed E-state index contributed by atoms with van der Waals surface area (Å²) in [5.41, 5.74) is 1.27. The smallest absolute Gasteiger partial charge is 0.0534 e. The monoisotopic (exact) mass is 265 g/mol. The summed E-state index contributed by atoms with van der Waals surface area (Å²) < 4.78 is 2.01. The normalized spacial score (nSPS) is 18.3. The molecule has 1 aliphatic heterocycles. The third-order valence-corrected chi connectivity index (χ3v) is 3.71. The lowest BCUT2D eigenvalue weighted by atomic mass is 10.3. The number of aromatic nitrogens is 2. The first kappa shape index (κ1) is 14.5. The molecule has 2 heterocycles. The van der Waals surface area contributed by atoms with Crippen LogP contribution in [0.3, 0.4) is 0 Å². The van der Waals surface area contributed by atoms with Gasteiger partial charge in [0, 0.05) is 63.6 Å². The van der Waals surface area contributed by atoms with Gasteiger partial charge in [0.1, 0.15) is 0 Å². The summed E-state index contributed by atoms with van der Waals surface area (Å²) in [5, 5.41) is 7.86. The Morgan fingerprint density at radius 2 is 2.00 bits per heavy atom. The molecule has 0 atom stereocenters. The third-order valence-electron chi connectivity index (χ3n) is 3.71. The Labute approximate surface area is 116 Å². The molecule has 5 heteroatoms. The third kappa shape index (κ3) is 4.60. The fourth-order valence-corrected chi connectivity index (χ4v) is 2.29. The van der Waals surface area contributed by atoms with E-state index in [0.29, 0.717) is 6.04 Å². The van der Waals surface area contributed by atoms with E-state index in [9.17, 15) is 0 Å². The van der Waals surface area contributed by atoms with Crippen molar-refractivity contribution in [2.45, 2.75) is 26.4 Å². The van der Waals surface area contributed by atoms with E-state index in [1.165, 1.54) is 31.7 Å². The van der Waals surface area contributed by atoms with Crippen LogP contribution in [0.4, 0.5) is 0 Å². The zero-order valence-corrected chi connectivity index (χ0v) is 12.5. The maximum absolute atomic E-state index is 4.35. The van der Waals surface area contributed by atoms with Crippen molar-refractivity contribution in [3.8, 4) is 0 Å². The Morgan fingerprint density at radius 1 is 1.26 bits per heavy atom. The number of likely N-dealkylation sites (N-methyl/N-ethyl adjacent to an activating group) is 1. The molecule has 0 aliphatic carbocycles. The summed E-state index contributed by atoms with van der Waals surface area (Å²) >= 11 is 0. The molecule has 5 nitrogen and oxygen atoms in total. The van der Waals surface area contributed by atoms with Crippen LogP contribution in [-0.4, -0.2) is 65.9 Å². The van der Waals surface area contributed by atoms with Gasteiger partial charge in [0.15, 0.2) is 0 Å². The second-order valence-corrected chi connectivity index (χ2v) is 5.74. The first-order valence-electron chi connectivity index (χ1n) is 7.30. The number of hydrogen-bond acceptors (Lipinski definition) is 4. The van der Waals surface area contributed by atoms with Crippen LogP contribution in [0, 0.1) is 0 Å². The Hall–Kier alpha value is -0.910. The van der Waals surface area contributed by atoms with E-state index >= 15 is 0 Å². The molecule has 1 fully saturated rings. The first-order valence-corrected chi connectivity index (χ1v) is 7.30. The van der Waals surface area contributed by atoms with E-state index in [1.54, 1.807) is 0 Å². The minimum absolute atomic E-state index is 0.444. The standard InChI is InChI=1S/C14H27N5/c1-13(2)19-12-14(11-16-19)10-15-4-5-18-8-6-17(3)7-9-18/h11-13,15H,4-10H2,1-3H3. The molecule has 1 aliphatic rings. The summed E-state index contributed by atoms with van der Waals surface area (Å²) in [4.78, 5) is 4.93. The van der Waals surface area contributed by atoms with Gasteiger partial charge in [0.05, 0.1) is 6.20 Å². The van der Waals surface area contributed by atoms with Crippen LogP contribution < -0.4 is 5.32 Å². The highest BCUT2D eigenvalue weighted by Crippen LogP contribution is 2.04. The minimum atomic E-state index is 0.444. The molecule has 1 aromatic rings.